The van der Waals surface area contributed by atoms with Crippen molar-refractivity contribution in [3.05, 3.63) is 47.5 Å². The molecule has 1 aliphatic rings. The molecule has 68 valence electrons. The molecular weight excluding hydrogens is 170 g/mol. The van der Waals surface area contributed by atoms with E-state index < -0.39 is 6.08 Å². The third-order valence-electron chi connectivity index (χ3n) is 2.52. The Balaban J connectivity index is 2.06. The molecule has 2 rings (SSSR count). The van der Waals surface area contributed by atoms with Gasteiger partial charge >= 0.3 is 0 Å². The molecule has 0 amide bonds. The van der Waals surface area contributed by atoms with Gasteiger partial charge in [-0.3, -0.25) is 0 Å². The molecule has 0 atom stereocenters. The Morgan fingerprint density at radius 2 is 1.69 bits per heavy atom. The quantitative estimate of drug-likeness (QED) is 0.618. The van der Waals surface area contributed by atoms with Crippen molar-refractivity contribution in [3.63, 3.8) is 0 Å². The molecule has 0 N–H and O–H groups in total. The summed E-state index contributed by atoms with van der Waals surface area (Å²) in [5, 5.41) is 0. The maximum absolute atomic E-state index is 12.0. The highest BCUT2D eigenvalue weighted by atomic mass is 19.3. The molecule has 13 heavy (non-hydrogen) atoms. The van der Waals surface area contributed by atoms with Crippen LogP contribution in [0.3, 0.4) is 0 Å². The van der Waals surface area contributed by atoms with Crippen LogP contribution in [-0.4, -0.2) is 0 Å². The van der Waals surface area contributed by atoms with E-state index in [4.69, 9.17) is 0 Å². The van der Waals surface area contributed by atoms with E-state index in [2.05, 4.69) is 0 Å². The molecule has 0 radical (unpaired) electrons. The van der Waals surface area contributed by atoms with Gasteiger partial charge in [-0.05, 0) is 29.9 Å². The Labute approximate surface area is 75.9 Å². The van der Waals surface area contributed by atoms with Gasteiger partial charge in [0.1, 0.15) is 0 Å². The van der Waals surface area contributed by atoms with Gasteiger partial charge in [0.2, 0.25) is 0 Å². The number of allylic oxidation sites excluding steroid dienone is 1. The van der Waals surface area contributed by atoms with Crippen LogP contribution in [0.5, 0.6) is 0 Å². The summed E-state index contributed by atoms with van der Waals surface area (Å²) in [5.41, 5.74) is 1.50. The second-order valence-corrected chi connectivity index (χ2v) is 3.38. The summed E-state index contributed by atoms with van der Waals surface area (Å²) >= 11 is 0. The largest absolute Gasteiger partial charge is 0.269 e. The molecule has 1 aromatic carbocycles. The Morgan fingerprint density at radius 1 is 1.08 bits per heavy atom. The fraction of sp³-hybridized carbons (Fsp3) is 0.273. The van der Waals surface area contributed by atoms with E-state index in [0.717, 1.165) is 0 Å². The molecular formula is C11H10F2. The van der Waals surface area contributed by atoms with E-state index in [0.29, 0.717) is 24.3 Å². The van der Waals surface area contributed by atoms with E-state index >= 15 is 0 Å². The van der Waals surface area contributed by atoms with E-state index in [1.807, 2.05) is 30.3 Å². The molecule has 0 aliphatic heterocycles. The highest BCUT2D eigenvalue weighted by Gasteiger charge is 2.27. The highest BCUT2D eigenvalue weighted by Crippen LogP contribution is 2.42. The van der Waals surface area contributed by atoms with Crippen LogP contribution in [0.1, 0.15) is 24.3 Å². The van der Waals surface area contributed by atoms with Crippen molar-refractivity contribution in [2.75, 3.05) is 0 Å². The predicted molar refractivity (Wildman–Crippen MR) is 47.7 cm³/mol. The maximum atomic E-state index is 12.0. The Hall–Kier alpha value is -1.18. The second kappa shape index (κ2) is 3.29. The van der Waals surface area contributed by atoms with Crippen LogP contribution in [0.4, 0.5) is 8.78 Å². The number of hydrogen-bond donors (Lipinski definition) is 0. The standard InChI is InChI=1S/C11H10F2/c12-11(13)10-6-9(7-10)8-4-2-1-3-5-8/h1-5,9H,6-7H2. The van der Waals surface area contributed by atoms with Crippen molar-refractivity contribution in [1.82, 2.24) is 0 Å². The summed E-state index contributed by atoms with van der Waals surface area (Å²) in [6.45, 7) is 0. The molecule has 1 saturated carbocycles. The molecule has 1 fully saturated rings. The fourth-order valence-electron chi connectivity index (χ4n) is 1.65. The van der Waals surface area contributed by atoms with Crippen LogP contribution < -0.4 is 0 Å². The Kier molecular flexibility index (Phi) is 2.13. The van der Waals surface area contributed by atoms with Gasteiger partial charge in [0, 0.05) is 0 Å². The molecule has 0 unspecified atom stereocenters. The lowest BCUT2D eigenvalue weighted by atomic mass is 9.76. The van der Waals surface area contributed by atoms with Gasteiger partial charge < -0.3 is 0 Å². The fourth-order valence-corrected chi connectivity index (χ4v) is 1.65. The Morgan fingerprint density at radius 3 is 2.23 bits per heavy atom. The SMILES string of the molecule is FC(F)=C1CC(c2ccccc2)C1. The van der Waals surface area contributed by atoms with Crippen molar-refractivity contribution in [1.29, 1.82) is 0 Å². The van der Waals surface area contributed by atoms with Crippen LogP contribution in [0.25, 0.3) is 0 Å². The van der Waals surface area contributed by atoms with Crippen molar-refractivity contribution < 1.29 is 8.78 Å². The molecule has 0 heterocycles. The lowest BCUT2D eigenvalue weighted by molar-refractivity contribution is 0.375. The molecule has 1 aliphatic carbocycles. The summed E-state index contributed by atoms with van der Waals surface area (Å²) in [6, 6.07) is 9.83. The summed E-state index contributed by atoms with van der Waals surface area (Å²) in [7, 11) is 0. The molecule has 0 bridgehead atoms. The molecule has 1 aromatic rings. The van der Waals surface area contributed by atoms with E-state index in [9.17, 15) is 8.78 Å². The van der Waals surface area contributed by atoms with Crippen LogP contribution in [0.2, 0.25) is 0 Å². The van der Waals surface area contributed by atoms with E-state index in [-0.39, 0.29) is 0 Å². The van der Waals surface area contributed by atoms with Crippen LogP contribution in [0.15, 0.2) is 42.0 Å². The smallest absolute Gasteiger partial charge is 0.173 e. The van der Waals surface area contributed by atoms with Crippen LogP contribution in [0, 0.1) is 0 Å². The third kappa shape index (κ3) is 1.62. The van der Waals surface area contributed by atoms with Crippen molar-refractivity contribution >= 4 is 0 Å². The minimum absolute atomic E-state index is 0.317. The topological polar surface area (TPSA) is 0 Å². The van der Waals surface area contributed by atoms with Crippen LogP contribution in [-0.2, 0) is 0 Å². The zero-order chi connectivity index (χ0) is 9.26. The van der Waals surface area contributed by atoms with Gasteiger partial charge in [0.05, 0.1) is 0 Å². The number of hydrogen-bond acceptors (Lipinski definition) is 0. The number of halogens is 2. The zero-order valence-corrected chi connectivity index (χ0v) is 7.13. The number of benzene rings is 1. The first-order chi connectivity index (χ1) is 6.27. The summed E-state index contributed by atoms with van der Waals surface area (Å²) in [4.78, 5) is 0. The highest BCUT2D eigenvalue weighted by molar-refractivity contribution is 5.29. The van der Waals surface area contributed by atoms with Gasteiger partial charge in [0.15, 0.2) is 0 Å². The van der Waals surface area contributed by atoms with Crippen LogP contribution >= 0.6 is 0 Å². The monoisotopic (exact) mass is 180 g/mol. The minimum Gasteiger partial charge on any atom is -0.173 e. The molecule has 0 saturated heterocycles. The first kappa shape index (κ1) is 8.42. The average molecular weight is 180 g/mol. The van der Waals surface area contributed by atoms with Gasteiger partial charge in [0.25, 0.3) is 6.08 Å². The minimum atomic E-state index is -1.48. The Bertz CT molecular complexity index is 315. The van der Waals surface area contributed by atoms with Crippen molar-refractivity contribution in [3.8, 4) is 0 Å². The van der Waals surface area contributed by atoms with E-state index in [1.165, 1.54) is 5.56 Å². The lowest BCUT2D eigenvalue weighted by Gasteiger charge is -2.28. The van der Waals surface area contributed by atoms with E-state index in [1.54, 1.807) is 0 Å². The third-order valence-corrected chi connectivity index (χ3v) is 2.52. The number of rotatable bonds is 1. The van der Waals surface area contributed by atoms with Gasteiger partial charge in [-0.2, -0.15) is 8.78 Å². The zero-order valence-electron chi connectivity index (χ0n) is 7.13. The summed E-state index contributed by atoms with van der Waals surface area (Å²) in [5.74, 6) is 0.317. The molecule has 0 nitrogen and oxygen atoms in total. The maximum Gasteiger partial charge on any atom is 0.269 e. The lowest BCUT2D eigenvalue weighted by Crippen LogP contribution is -2.13. The summed E-state index contributed by atoms with van der Waals surface area (Å²) < 4.78 is 24.1. The molecule has 0 aromatic heterocycles. The predicted octanol–water partition coefficient (Wildman–Crippen LogP) is 3.71. The average Bonchev–Trinajstić information content (AvgIpc) is 2.02. The molecule has 0 spiro atoms. The van der Waals surface area contributed by atoms with Crippen molar-refractivity contribution in [2.24, 2.45) is 0 Å². The van der Waals surface area contributed by atoms with Gasteiger partial charge in [-0.25, -0.2) is 0 Å². The second-order valence-electron chi connectivity index (χ2n) is 3.38. The molecule has 2 heteroatoms. The first-order valence-electron chi connectivity index (χ1n) is 4.35. The first-order valence-corrected chi connectivity index (χ1v) is 4.35. The van der Waals surface area contributed by atoms with Gasteiger partial charge in [-0.1, -0.05) is 30.3 Å². The summed E-state index contributed by atoms with van der Waals surface area (Å²) in [6.07, 6.45) is -0.411. The van der Waals surface area contributed by atoms with Crippen molar-refractivity contribution in [2.45, 2.75) is 18.8 Å². The van der Waals surface area contributed by atoms with Gasteiger partial charge in [-0.15, -0.1) is 0 Å². The normalized spacial score (nSPS) is 21.1.